The largest absolute Gasteiger partial charge is 0.379 e. The zero-order valence-electron chi connectivity index (χ0n) is 5.01. The number of hydrogen-bond donors (Lipinski definition) is 3. The summed E-state index contributed by atoms with van der Waals surface area (Å²) in [6.07, 6.45) is -0.449. The van der Waals surface area contributed by atoms with E-state index < -0.39 is 18.2 Å². The Hall–Kier alpha value is -0.910. The van der Waals surface area contributed by atoms with Crippen molar-refractivity contribution in [1.82, 2.24) is 5.06 Å². The monoisotopic (exact) mass is 145 g/mol. The second-order valence-electron chi connectivity index (χ2n) is 1.93. The van der Waals surface area contributed by atoms with Gasteiger partial charge < -0.3 is 10.2 Å². The molecule has 2 unspecified atom stereocenters. The summed E-state index contributed by atoms with van der Waals surface area (Å²) in [5, 5.41) is 26.2. The van der Waals surface area contributed by atoms with E-state index in [-0.39, 0.29) is 5.06 Å². The van der Waals surface area contributed by atoms with Gasteiger partial charge in [-0.15, -0.1) is 0 Å². The quantitative estimate of drug-likeness (QED) is 0.285. The van der Waals surface area contributed by atoms with Crippen molar-refractivity contribution in [3.05, 3.63) is 12.2 Å². The van der Waals surface area contributed by atoms with Crippen molar-refractivity contribution >= 4 is 5.91 Å². The molecule has 0 saturated heterocycles. The molecule has 0 saturated carbocycles. The third-order valence-corrected chi connectivity index (χ3v) is 1.19. The Morgan fingerprint density at radius 1 is 1.40 bits per heavy atom. The van der Waals surface area contributed by atoms with E-state index in [1.807, 2.05) is 0 Å². The molecular formula is C5H7NO4. The fourth-order valence-corrected chi connectivity index (χ4v) is 0.634. The predicted molar refractivity (Wildman–Crippen MR) is 29.8 cm³/mol. The van der Waals surface area contributed by atoms with Crippen molar-refractivity contribution in [2.75, 3.05) is 0 Å². The lowest BCUT2D eigenvalue weighted by Crippen LogP contribution is -2.45. The summed E-state index contributed by atoms with van der Waals surface area (Å²) in [5.41, 5.74) is 0. The highest BCUT2D eigenvalue weighted by atomic mass is 16.6. The molecule has 1 heterocycles. The molecule has 3 N–H and O–H groups in total. The topological polar surface area (TPSA) is 81.0 Å². The number of aliphatic hydroxyl groups is 2. The van der Waals surface area contributed by atoms with Crippen molar-refractivity contribution in [3.8, 4) is 0 Å². The summed E-state index contributed by atoms with van der Waals surface area (Å²) < 4.78 is 0. The molecule has 2 atom stereocenters. The number of rotatable bonds is 0. The van der Waals surface area contributed by atoms with Crippen LogP contribution in [-0.2, 0) is 4.79 Å². The van der Waals surface area contributed by atoms with Gasteiger partial charge in [-0.05, 0) is 12.2 Å². The first-order valence-electron chi connectivity index (χ1n) is 2.69. The van der Waals surface area contributed by atoms with Crippen LogP contribution in [0, 0.1) is 0 Å². The Labute approximate surface area is 56.8 Å². The fraction of sp³-hybridized carbons (Fsp3) is 0.400. The van der Waals surface area contributed by atoms with Gasteiger partial charge in [0, 0.05) is 0 Å². The van der Waals surface area contributed by atoms with Gasteiger partial charge >= 0.3 is 0 Å². The van der Waals surface area contributed by atoms with Crippen LogP contribution in [0.15, 0.2) is 12.2 Å². The molecule has 5 nitrogen and oxygen atoms in total. The molecule has 0 aromatic carbocycles. The molecule has 0 aromatic rings. The Kier molecular flexibility index (Phi) is 1.71. The lowest BCUT2D eigenvalue weighted by atomic mass is 10.2. The second-order valence-corrected chi connectivity index (χ2v) is 1.93. The van der Waals surface area contributed by atoms with Gasteiger partial charge in [0.1, 0.15) is 0 Å². The molecule has 0 aromatic heterocycles. The van der Waals surface area contributed by atoms with E-state index in [0.29, 0.717) is 0 Å². The Bertz CT molecular complexity index is 178. The first-order chi connectivity index (χ1) is 4.63. The van der Waals surface area contributed by atoms with Crippen molar-refractivity contribution in [2.45, 2.75) is 12.3 Å². The van der Waals surface area contributed by atoms with Gasteiger partial charge in [-0.2, -0.15) is 5.06 Å². The van der Waals surface area contributed by atoms with Crippen molar-refractivity contribution in [1.29, 1.82) is 0 Å². The maximum Gasteiger partial charge on any atom is 0.281 e. The van der Waals surface area contributed by atoms with Crippen LogP contribution in [0.1, 0.15) is 0 Å². The van der Waals surface area contributed by atoms with Crippen LogP contribution in [0.5, 0.6) is 0 Å². The van der Waals surface area contributed by atoms with Gasteiger partial charge in [0.2, 0.25) is 0 Å². The van der Waals surface area contributed by atoms with Gasteiger partial charge in [0.15, 0.2) is 12.3 Å². The molecule has 0 fully saturated rings. The first kappa shape index (κ1) is 7.20. The highest BCUT2D eigenvalue weighted by molar-refractivity contribution is 5.82. The van der Waals surface area contributed by atoms with Crippen LogP contribution in [0.3, 0.4) is 0 Å². The minimum Gasteiger partial charge on any atom is -0.379 e. The summed E-state index contributed by atoms with van der Waals surface area (Å²) >= 11 is 0. The van der Waals surface area contributed by atoms with Gasteiger partial charge in [-0.3, -0.25) is 10.0 Å². The molecule has 0 aliphatic carbocycles. The molecule has 1 rings (SSSR count). The summed E-state index contributed by atoms with van der Waals surface area (Å²) in [7, 11) is 0. The predicted octanol–water partition coefficient (Wildman–Crippen LogP) is -1.55. The van der Waals surface area contributed by atoms with E-state index in [1.165, 1.54) is 0 Å². The van der Waals surface area contributed by atoms with Crippen molar-refractivity contribution < 1.29 is 20.2 Å². The molecule has 1 amide bonds. The van der Waals surface area contributed by atoms with Crippen molar-refractivity contribution in [3.63, 3.8) is 0 Å². The van der Waals surface area contributed by atoms with E-state index >= 15 is 0 Å². The average molecular weight is 145 g/mol. The first-order valence-corrected chi connectivity index (χ1v) is 2.69. The third kappa shape index (κ3) is 1.02. The van der Waals surface area contributed by atoms with E-state index in [9.17, 15) is 4.79 Å². The maximum absolute atomic E-state index is 10.6. The Morgan fingerprint density at radius 3 is 2.50 bits per heavy atom. The van der Waals surface area contributed by atoms with E-state index in [4.69, 9.17) is 15.4 Å². The zero-order chi connectivity index (χ0) is 7.72. The summed E-state index contributed by atoms with van der Waals surface area (Å²) in [5.74, 6) is -0.921. The third-order valence-electron chi connectivity index (χ3n) is 1.19. The number of hydrogen-bond acceptors (Lipinski definition) is 4. The van der Waals surface area contributed by atoms with Gasteiger partial charge in [0.25, 0.3) is 5.91 Å². The Morgan fingerprint density at radius 2 is 2.00 bits per heavy atom. The number of amides is 1. The number of hydroxylamine groups is 2. The molecule has 56 valence electrons. The summed E-state index contributed by atoms with van der Waals surface area (Å²) in [4.78, 5) is 10.6. The molecular weight excluding hydrogens is 138 g/mol. The van der Waals surface area contributed by atoms with Crippen LogP contribution in [0.4, 0.5) is 0 Å². The van der Waals surface area contributed by atoms with Gasteiger partial charge in [-0.25, -0.2) is 0 Å². The molecule has 0 bridgehead atoms. The van der Waals surface area contributed by atoms with Gasteiger partial charge in [-0.1, -0.05) is 0 Å². The second kappa shape index (κ2) is 2.37. The molecule has 1 aliphatic rings. The van der Waals surface area contributed by atoms with Crippen LogP contribution in [0.2, 0.25) is 0 Å². The summed E-state index contributed by atoms with van der Waals surface area (Å²) in [6, 6.07) is 0. The van der Waals surface area contributed by atoms with E-state index in [0.717, 1.165) is 12.2 Å². The van der Waals surface area contributed by atoms with Crippen LogP contribution < -0.4 is 0 Å². The van der Waals surface area contributed by atoms with E-state index in [2.05, 4.69) is 0 Å². The van der Waals surface area contributed by atoms with Crippen LogP contribution >= 0.6 is 0 Å². The fourth-order valence-electron chi connectivity index (χ4n) is 0.634. The Balaban J connectivity index is 2.79. The molecule has 5 heteroatoms. The van der Waals surface area contributed by atoms with Gasteiger partial charge in [0.05, 0.1) is 0 Å². The maximum atomic E-state index is 10.6. The number of aliphatic hydroxyl groups excluding tert-OH is 2. The smallest absolute Gasteiger partial charge is 0.281 e. The standard InChI is InChI=1S/C5H7NO4/c7-3-1-2-4(8)6(10)5(3)9/h1-4,7-8,10H. The molecule has 1 aliphatic heterocycles. The van der Waals surface area contributed by atoms with Crippen molar-refractivity contribution in [2.24, 2.45) is 0 Å². The molecule has 0 radical (unpaired) electrons. The molecule has 0 spiro atoms. The minimum atomic E-state index is -1.34. The lowest BCUT2D eigenvalue weighted by molar-refractivity contribution is -0.204. The lowest BCUT2D eigenvalue weighted by Gasteiger charge is -2.23. The highest BCUT2D eigenvalue weighted by Gasteiger charge is 2.27. The van der Waals surface area contributed by atoms with Crippen LogP contribution in [-0.4, -0.2) is 38.7 Å². The zero-order valence-corrected chi connectivity index (χ0v) is 5.01. The normalized spacial score (nSPS) is 33.1. The molecule has 10 heavy (non-hydrogen) atoms. The summed E-state index contributed by atoms with van der Waals surface area (Å²) in [6.45, 7) is 0. The van der Waals surface area contributed by atoms with E-state index in [1.54, 1.807) is 0 Å². The minimum absolute atomic E-state index is 0.0741. The highest BCUT2D eigenvalue weighted by Crippen LogP contribution is 2.05. The average Bonchev–Trinajstić information content (AvgIpc) is 1.93. The number of nitrogens with zero attached hydrogens (tertiary/aromatic N) is 1. The SMILES string of the molecule is O=C1C(O)C=CC(O)N1O. The number of carbonyl (C=O) groups is 1. The van der Waals surface area contributed by atoms with Crippen LogP contribution in [0.25, 0.3) is 0 Å². The number of carbonyl (C=O) groups excluding carboxylic acids is 1.